The van der Waals surface area contributed by atoms with E-state index in [-0.39, 0.29) is 0 Å². The van der Waals surface area contributed by atoms with Gasteiger partial charge in [0.15, 0.2) is 0 Å². The van der Waals surface area contributed by atoms with E-state index in [1.807, 2.05) is 0 Å². The second-order valence-electron chi connectivity index (χ2n) is 6.88. The lowest BCUT2D eigenvalue weighted by Crippen LogP contribution is -2.40. The summed E-state index contributed by atoms with van der Waals surface area (Å²) in [4.78, 5) is 4.78. The summed E-state index contributed by atoms with van der Waals surface area (Å²) in [5, 5.41) is 3.68. The third kappa shape index (κ3) is 3.78. The molecule has 3 rings (SSSR count). The molecular formula is C18H29N3. The van der Waals surface area contributed by atoms with Gasteiger partial charge in [-0.3, -0.25) is 4.90 Å². The zero-order valence-corrected chi connectivity index (χ0v) is 13.5. The maximum Gasteiger partial charge on any atom is 0.0361 e. The van der Waals surface area contributed by atoms with Crippen molar-refractivity contribution in [2.24, 2.45) is 5.92 Å². The maximum atomic E-state index is 3.68. The van der Waals surface area contributed by atoms with Crippen molar-refractivity contribution < 1.29 is 0 Å². The Labute approximate surface area is 129 Å². The van der Waals surface area contributed by atoms with Crippen molar-refractivity contribution in [1.29, 1.82) is 0 Å². The van der Waals surface area contributed by atoms with Crippen LogP contribution in [0, 0.1) is 5.92 Å². The molecule has 0 radical (unpaired) electrons. The van der Waals surface area contributed by atoms with Gasteiger partial charge in [0.1, 0.15) is 0 Å². The van der Waals surface area contributed by atoms with E-state index in [0.29, 0.717) is 0 Å². The van der Waals surface area contributed by atoms with Crippen molar-refractivity contribution in [3.63, 3.8) is 0 Å². The van der Waals surface area contributed by atoms with E-state index < -0.39 is 0 Å². The van der Waals surface area contributed by atoms with Crippen LogP contribution in [0.15, 0.2) is 24.3 Å². The third-order valence-corrected chi connectivity index (χ3v) is 5.16. The molecule has 2 aliphatic rings. The van der Waals surface area contributed by atoms with E-state index in [2.05, 4.69) is 53.5 Å². The van der Waals surface area contributed by atoms with Crippen LogP contribution in [0.2, 0.25) is 0 Å². The fourth-order valence-electron chi connectivity index (χ4n) is 3.78. The lowest BCUT2D eigenvalue weighted by molar-refractivity contribution is 0.157. The fourth-order valence-corrected chi connectivity index (χ4v) is 3.78. The minimum atomic E-state index is 0.812. The first kappa shape index (κ1) is 14.9. The largest absolute Gasteiger partial charge is 0.378 e. The first-order valence-electron chi connectivity index (χ1n) is 8.44. The quantitative estimate of drug-likeness (QED) is 0.918. The van der Waals surface area contributed by atoms with E-state index in [0.717, 1.165) is 18.5 Å². The van der Waals surface area contributed by atoms with Crippen LogP contribution >= 0.6 is 0 Å². The van der Waals surface area contributed by atoms with E-state index in [9.17, 15) is 0 Å². The molecule has 2 saturated heterocycles. The summed E-state index contributed by atoms with van der Waals surface area (Å²) < 4.78 is 0. The van der Waals surface area contributed by atoms with Crippen molar-refractivity contribution in [3.05, 3.63) is 29.8 Å². The second-order valence-corrected chi connectivity index (χ2v) is 6.88. The molecular weight excluding hydrogens is 258 g/mol. The minimum Gasteiger partial charge on any atom is -0.378 e. The number of hydrogen-bond donors (Lipinski definition) is 1. The number of nitrogens with zero attached hydrogens (tertiary/aromatic N) is 2. The summed E-state index contributed by atoms with van der Waals surface area (Å²) >= 11 is 0. The summed E-state index contributed by atoms with van der Waals surface area (Å²) in [5.41, 5.74) is 2.72. The molecule has 3 nitrogen and oxygen atoms in total. The van der Waals surface area contributed by atoms with E-state index in [1.54, 1.807) is 0 Å². The highest BCUT2D eigenvalue weighted by atomic mass is 15.1. The van der Waals surface area contributed by atoms with Gasteiger partial charge in [-0.15, -0.1) is 0 Å². The average molecular weight is 287 g/mol. The van der Waals surface area contributed by atoms with Gasteiger partial charge in [-0.2, -0.15) is 0 Å². The molecule has 21 heavy (non-hydrogen) atoms. The van der Waals surface area contributed by atoms with E-state index >= 15 is 0 Å². The van der Waals surface area contributed by atoms with Gasteiger partial charge < -0.3 is 10.2 Å². The molecule has 0 saturated carbocycles. The number of nitrogens with one attached hydrogen (secondary N) is 1. The maximum absolute atomic E-state index is 3.68. The Morgan fingerprint density at radius 2 is 1.81 bits per heavy atom. The van der Waals surface area contributed by atoms with Gasteiger partial charge in [-0.25, -0.2) is 0 Å². The highest BCUT2D eigenvalue weighted by Crippen LogP contribution is 2.26. The number of rotatable bonds is 4. The Bertz CT molecular complexity index is 426. The highest BCUT2D eigenvalue weighted by molar-refractivity contribution is 5.45. The number of hydrogen-bond acceptors (Lipinski definition) is 3. The molecule has 0 aliphatic carbocycles. The molecule has 1 N–H and O–H groups in total. The molecule has 2 aliphatic heterocycles. The van der Waals surface area contributed by atoms with Crippen molar-refractivity contribution in [3.8, 4) is 0 Å². The summed E-state index contributed by atoms with van der Waals surface area (Å²) in [6, 6.07) is 9.82. The van der Waals surface area contributed by atoms with Crippen LogP contribution in [0.4, 0.5) is 5.69 Å². The normalized spacial score (nSPS) is 24.4. The number of anilines is 1. The molecule has 1 aromatic carbocycles. The fraction of sp³-hybridized carbons (Fsp3) is 0.667. The van der Waals surface area contributed by atoms with Gasteiger partial charge in [0.25, 0.3) is 0 Å². The number of benzene rings is 1. The topological polar surface area (TPSA) is 18.5 Å². The van der Waals surface area contributed by atoms with Gasteiger partial charge in [0.05, 0.1) is 0 Å². The molecule has 0 aromatic heterocycles. The van der Waals surface area contributed by atoms with Crippen LogP contribution in [0.25, 0.3) is 0 Å². The lowest BCUT2D eigenvalue weighted by atomic mass is 9.88. The molecule has 0 spiro atoms. The predicted molar refractivity (Wildman–Crippen MR) is 89.8 cm³/mol. The first-order chi connectivity index (χ1) is 10.2. The van der Waals surface area contributed by atoms with Crippen molar-refractivity contribution in [1.82, 2.24) is 10.2 Å². The monoisotopic (exact) mass is 287 g/mol. The average Bonchev–Trinajstić information content (AvgIpc) is 3.03. The zero-order chi connectivity index (χ0) is 14.7. The van der Waals surface area contributed by atoms with Gasteiger partial charge in [0.2, 0.25) is 0 Å². The number of likely N-dealkylation sites (tertiary alicyclic amines) is 1. The lowest BCUT2D eigenvalue weighted by Gasteiger charge is -2.35. The van der Waals surface area contributed by atoms with Gasteiger partial charge in [-0.1, -0.05) is 12.1 Å². The third-order valence-electron chi connectivity index (χ3n) is 5.16. The Hall–Kier alpha value is -1.06. The molecule has 116 valence electrons. The SMILES string of the molecule is CN(C)c1ccc(CN2CCC(C3CCCN3)CC2)cc1. The van der Waals surface area contributed by atoms with Crippen molar-refractivity contribution in [2.45, 2.75) is 38.3 Å². The molecule has 1 atom stereocenters. The van der Waals surface area contributed by atoms with Crippen LogP contribution in [0.3, 0.4) is 0 Å². The molecule has 1 aromatic rings. The molecule has 0 amide bonds. The van der Waals surface area contributed by atoms with Crippen LogP contribution in [0.5, 0.6) is 0 Å². The van der Waals surface area contributed by atoms with Crippen LogP contribution < -0.4 is 10.2 Å². The highest BCUT2D eigenvalue weighted by Gasteiger charge is 2.28. The van der Waals surface area contributed by atoms with Crippen LogP contribution in [0.1, 0.15) is 31.2 Å². The Balaban J connectivity index is 1.48. The first-order valence-corrected chi connectivity index (χ1v) is 8.44. The summed E-state index contributed by atoms with van der Waals surface area (Å²) in [6.45, 7) is 4.87. The van der Waals surface area contributed by atoms with E-state index in [1.165, 1.54) is 56.6 Å². The summed E-state index contributed by atoms with van der Waals surface area (Å²) in [7, 11) is 4.19. The Morgan fingerprint density at radius 3 is 2.38 bits per heavy atom. The zero-order valence-electron chi connectivity index (χ0n) is 13.5. The second kappa shape index (κ2) is 6.80. The molecule has 2 fully saturated rings. The smallest absolute Gasteiger partial charge is 0.0361 e. The standard InChI is InChI=1S/C18H29N3/c1-20(2)17-7-5-15(6-8-17)14-21-12-9-16(10-13-21)18-4-3-11-19-18/h5-8,16,18-19H,3-4,9-14H2,1-2H3. The van der Waals surface area contributed by atoms with E-state index in [4.69, 9.17) is 0 Å². The van der Waals surface area contributed by atoms with Gasteiger partial charge in [-0.05, 0) is 68.9 Å². The van der Waals surface area contributed by atoms with Crippen molar-refractivity contribution >= 4 is 5.69 Å². The number of piperidine rings is 1. The molecule has 0 bridgehead atoms. The van der Waals surface area contributed by atoms with Gasteiger partial charge in [0, 0.05) is 32.4 Å². The Kier molecular flexibility index (Phi) is 4.81. The predicted octanol–water partition coefficient (Wildman–Crippen LogP) is 2.72. The Morgan fingerprint density at radius 1 is 1.10 bits per heavy atom. The molecule has 3 heteroatoms. The summed E-state index contributed by atoms with van der Waals surface area (Å²) in [6.07, 6.45) is 5.51. The summed E-state index contributed by atoms with van der Waals surface area (Å²) in [5.74, 6) is 0.917. The molecule has 2 heterocycles. The van der Waals surface area contributed by atoms with Gasteiger partial charge >= 0.3 is 0 Å². The van der Waals surface area contributed by atoms with Crippen LogP contribution in [-0.2, 0) is 6.54 Å². The van der Waals surface area contributed by atoms with Crippen molar-refractivity contribution in [2.75, 3.05) is 38.6 Å². The molecule has 1 unspecified atom stereocenters. The van der Waals surface area contributed by atoms with Crippen LogP contribution in [-0.4, -0.2) is 44.7 Å². The minimum absolute atomic E-state index is 0.812.